The topological polar surface area (TPSA) is 58.6 Å². The van der Waals surface area contributed by atoms with Crippen LogP contribution in [0.5, 0.6) is 0 Å². The summed E-state index contributed by atoms with van der Waals surface area (Å²) < 4.78 is 6.93. The minimum Gasteiger partial charge on any atom is -0.444 e. The molecule has 0 radical (unpaired) electrons. The van der Waals surface area contributed by atoms with Crippen molar-refractivity contribution in [1.82, 2.24) is 10.2 Å². The molecule has 0 bridgehead atoms. The lowest BCUT2D eigenvalue weighted by Gasteiger charge is -2.22. The summed E-state index contributed by atoms with van der Waals surface area (Å²) in [4.78, 5) is 26.7. The Bertz CT molecular complexity index is 583. The van der Waals surface area contributed by atoms with Gasteiger partial charge in [-0.15, -0.1) is 11.3 Å². The second kappa shape index (κ2) is 6.88. The molecule has 1 fully saturated rings. The average Bonchev–Trinajstić information content (AvgIpc) is 2.92. The van der Waals surface area contributed by atoms with Crippen molar-refractivity contribution in [1.29, 1.82) is 0 Å². The van der Waals surface area contributed by atoms with Crippen LogP contribution in [0, 0.1) is 0 Å². The number of carbonyl (C=O) groups is 2. The molecule has 0 spiro atoms. The van der Waals surface area contributed by atoms with Crippen molar-refractivity contribution in [2.45, 2.75) is 38.8 Å². The van der Waals surface area contributed by atoms with Crippen molar-refractivity contribution in [2.24, 2.45) is 0 Å². The molecular formula is C14H18Br2N2O3S. The molecule has 1 aromatic rings. The molecule has 122 valence electrons. The maximum absolute atomic E-state index is 12.5. The average molecular weight is 454 g/mol. The lowest BCUT2D eigenvalue weighted by Crippen LogP contribution is -2.41. The third-order valence-electron chi connectivity index (χ3n) is 3.05. The number of halogens is 2. The van der Waals surface area contributed by atoms with Crippen molar-refractivity contribution in [3.8, 4) is 0 Å². The highest BCUT2D eigenvalue weighted by Crippen LogP contribution is 2.32. The minimum absolute atomic E-state index is 0.0175. The van der Waals surface area contributed by atoms with E-state index in [2.05, 4.69) is 37.2 Å². The summed E-state index contributed by atoms with van der Waals surface area (Å²) in [5, 5.41) is 2.82. The molecule has 2 rings (SSSR count). The first-order chi connectivity index (χ1) is 10.2. The number of hydrogen-bond donors (Lipinski definition) is 1. The summed E-state index contributed by atoms with van der Waals surface area (Å²) in [6, 6.07) is 1.80. The van der Waals surface area contributed by atoms with Gasteiger partial charge in [-0.25, -0.2) is 4.79 Å². The number of thiophene rings is 1. The SMILES string of the molecule is CC(C)(C)OC(=O)N[C@H]1CCN(C(=O)c2sc(Br)cc2Br)C1. The third-order valence-corrected chi connectivity index (χ3v) is 5.56. The van der Waals surface area contributed by atoms with E-state index < -0.39 is 11.7 Å². The highest BCUT2D eigenvalue weighted by atomic mass is 79.9. The molecule has 22 heavy (non-hydrogen) atoms. The van der Waals surface area contributed by atoms with Crippen LogP contribution >= 0.6 is 43.2 Å². The van der Waals surface area contributed by atoms with E-state index in [4.69, 9.17) is 4.74 Å². The maximum Gasteiger partial charge on any atom is 0.407 e. The minimum atomic E-state index is -0.522. The first-order valence-electron chi connectivity index (χ1n) is 6.89. The van der Waals surface area contributed by atoms with Gasteiger partial charge >= 0.3 is 6.09 Å². The van der Waals surface area contributed by atoms with Gasteiger partial charge in [-0.3, -0.25) is 4.79 Å². The van der Waals surface area contributed by atoms with Gasteiger partial charge < -0.3 is 15.0 Å². The molecule has 0 saturated carbocycles. The van der Waals surface area contributed by atoms with Gasteiger partial charge in [0.2, 0.25) is 0 Å². The summed E-state index contributed by atoms with van der Waals surface area (Å²) in [5.74, 6) is -0.0175. The third kappa shape index (κ3) is 4.70. The molecule has 1 N–H and O–H groups in total. The Morgan fingerprint density at radius 3 is 2.64 bits per heavy atom. The van der Waals surface area contributed by atoms with E-state index in [1.54, 1.807) is 4.90 Å². The number of hydrogen-bond acceptors (Lipinski definition) is 4. The van der Waals surface area contributed by atoms with Crippen LogP contribution in [0.2, 0.25) is 0 Å². The number of nitrogens with one attached hydrogen (secondary N) is 1. The van der Waals surface area contributed by atoms with Gasteiger partial charge in [0.15, 0.2) is 0 Å². The molecule has 1 aromatic heterocycles. The molecular weight excluding hydrogens is 436 g/mol. The van der Waals surface area contributed by atoms with Crippen LogP contribution in [-0.4, -0.2) is 41.6 Å². The van der Waals surface area contributed by atoms with E-state index in [0.29, 0.717) is 18.0 Å². The largest absolute Gasteiger partial charge is 0.444 e. The zero-order valence-corrected chi connectivity index (χ0v) is 16.6. The first-order valence-corrected chi connectivity index (χ1v) is 9.29. The van der Waals surface area contributed by atoms with Crippen molar-refractivity contribution >= 4 is 55.2 Å². The van der Waals surface area contributed by atoms with Crippen LogP contribution in [0.15, 0.2) is 14.3 Å². The molecule has 0 aliphatic carbocycles. The fourth-order valence-corrected chi connectivity index (χ4v) is 4.73. The van der Waals surface area contributed by atoms with Gasteiger partial charge in [0.1, 0.15) is 10.5 Å². The van der Waals surface area contributed by atoms with E-state index >= 15 is 0 Å². The summed E-state index contributed by atoms with van der Waals surface area (Å²) in [5.41, 5.74) is -0.522. The van der Waals surface area contributed by atoms with Crippen LogP contribution < -0.4 is 5.32 Å². The fraction of sp³-hybridized carbons (Fsp3) is 0.571. The Kier molecular flexibility index (Phi) is 5.55. The standard InChI is InChI=1S/C14H18Br2N2O3S/c1-14(2,3)21-13(20)17-8-4-5-18(7-8)12(19)11-9(15)6-10(16)22-11/h6,8H,4-5,7H2,1-3H3,(H,17,20)/t8-/m0/s1. The summed E-state index contributed by atoms with van der Waals surface area (Å²) in [6.07, 6.45) is 0.293. The molecule has 0 unspecified atom stereocenters. The summed E-state index contributed by atoms with van der Waals surface area (Å²) in [6.45, 7) is 6.59. The molecule has 1 aliphatic rings. The number of amides is 2. The van der Waals surface area contributed by atoms with Crippen molar-refractivity contribution < 1.29 is 14.3 Å². The van der Waals surface area contributed by atoms with Gasteiger partial charge in [0.05, 0.1) is 9.83 Å². The Hall–Kier alpha value is -0.600. The molecule has 1 aliphatic heterocycles. The predicted molar refractivity (Wildman–Crippen MR) is 93.4 cm³/mol. The predicted octanol–water partition coefficient (Wildman–Crippen LogP) is 4.01. The monoisotopic (exact) mass is 452 g/mol. The zero-order chi connectivity index (χ0) is 16.5. The quantitative estimate of drug-likeness (QED) is 0.735. The summed E-state index contributed by atoms with van der Waals surface area (Å²) in [7, 11) is 0. The second-order valence-electron chi connectivity index (χ2n) is 6.11. The van der Waals surface area contributed by atoms with E-state index in [1.807, 2.05) is 26.8 Å². The number of nitrogens with zero attached hydrogens (tertiary/aromatic N) is 1. The molecule has 5 nitrogen and oxygen atoms in total. The first kappa shape index (κ1) is 17.7. The smallest absolute Gasteiger partial charge is 0.407 e. The Morgan fingerprint density at radius 2 is 2.09 bits per heavy atom. The van der Waals surface area contributed by atoms with Crippen molar-refractivity contribution in [3.05, 3.63) is 19.2 Å². The second-order valence-corrected chi connectivity index (χ2v) is 9.40. The Balaban J connectivity index is 1.91. The number of likely N-dealkylation sites (tertiary alicyclic amines) is 1. The van der Waals surface area contributed by atoms with Gasteiger partial charge in [0, 0.05) is 17.6 Å². The maximum atomic E-state index is 12.5. The molecule has 1 saturated heterocycles. The van der Waals surface area contributed by atoms with Crippen LogP contribution in [0.3, 0.4) is 0 Å². The number of rotatable bonds is 2. The van der Waals surface area contributed by atoms with Gasteiger partial charge in [-0.1, -0.05) is 0 Å². The number of alkyl carbamates (subject to hydrolysis) is 1. The highest BCUT2D eigenvalue weighted by Gasteiger charge is 2.30. The number of ether oxygens (including phenoxy) is 1. The van der Waals surface area contributed by atoms with Gasteiger partial charge in [-0.2, -0.15) is 0 Å². The fourth-order valence-electron chi connectivity index (χ4n) is 2.17. The lowest BCUT2D eigenvalue weighted by molar-refractivity contribution is 0.0502. The van der Waals surface area contributed by atoms with Crippen molar-refractivity contribution in [2.75, 3.05) is 13.1 Å². The van der Waals surface area contributed by atoms with Gasteiger partial charge in [-0.05, 0) is 65.1 Å². The van der Waals surface area contributed by atoms with E-state index in [1.165, 1.54) is 11.3 Å². The normalized spacial score (nSPS) is 18.4. The Morgan fingerprint density at radius 1 is 1.41 bits per heavy atom. The van der Waals surface area contributed by atoms with Crippen molar-refractivity contribution in [3.63, 3.8) is 0 Å². The zero-order valence-electron chi connectivity index (χ0n) is 12.6. The Labute approximate surface area is 150 Å². The summed E-state index contributed by atoms with van der Waals surface area (Å²) >= 11 is 8.17. The van der Waals surface area contributed by atoms with E-state index in [0.717, 1.165) is 14.7 Å². The van der Waals surface area contributed by atoms with E-state index in [9.17, 15) is 9.59 Å². The molecule has 0 aromatic carbocycles. The van der Waals surface area contributed by atoms with E-state index in [-0.39, 0.29) is 11.9 Å². The van der Waals surface area contributed by atoms with Gasteiger partial charge in [0.25, 0.3) is 5.91 Å². The molecule has 8 heteroatoms. The lowest BCUT2D eigenvalue weighted by atomic mass is 10.2. The van der Waals surface area contributed by atoms with Crippen LogP contribution in [0.4, 0.5) is 4.79 Å². The highest BCUT2D eigenvalue weighted by molar-refractivity contribution is 9.11. The number of carbonyl (C=O) groups excluding carboxylic acids is 2. The molecule has 1 atom stereocenters. The van der Waals surface area contributed by atoms with Crippen LogP contribution in [0.25, 0.3) is 0 Å². The molecule has 2 amide bonds. The van der Waals surface area contributed by atoms with Crippen LogP contribution in [-0.2, 0) is 4.74 Å². The molecule has 2 heterocycles. The van der Waals surface area contributed by atoms with Crippen LogP contribution in [0.1, 0.15) is 36.9 Å².